The Morgan fingerprint density at radius 2 is 1.92 bits per heavy atom. The first-order valence-corrected chi connectivity index (χ1v) is 8.77. The van der Waals surface area contributed by atoms with E-state index in [4.69, 9.17) is 11.6 Å². The average Bonchev–Trinajstić information content (AvgIpc) is 2.49. The van der Waals surface area contributed by atoms with Crippen LogP contribution in [0, 0.1) is 5.82 Å². The highest BCUT2D eigenvalue weighted by Crippen LogP contribution is 2.22. The number of hydrogen-bond donors (Lipinski definition) is 1. The average molecular weight is 370 g/mol. The van der Waals surface area contributed by atoms with E-state index in [1.165, 1.54) is 24.3 Å². The number of fused-ring (bicyclic) bond motifs is 1. The Morgan fingerprint density at radius 1 is 1.25 bits per heavy atom. The molecule has 1 aromatic carbocycles. The van der Waals surface area contributed by atoms with E-state index in [0.29, 0.717) is 0 Å². The van der Waals surface area contributed by atoms with Crippen molar-refractivity contribution in [2.75, 3.05) is 6.26 Å². The zero-order valence-corrected chi connectivity index (χ0v) is 13.7. The maximum atomic E-state index is 13.6. The Balaban J connectivity index is 2.56. The molecule has 0 spiro atoms. The van der Waals surface area contributed by atoms with Crippen LogP contribution in [0.3, 0.4) is 0 Å². The molecule has 0 saturated carbocycles. The Labute approximate surface area is 139 Å². The van der Waals surface area contributed by atoms with Gasteiger partial charge in [-0.05, 0) is 18.2 Å². The van der Waals surface area contributed by atoms with Crippen molar-refractivity contribution >= 4 is 32.5 Å². The van der Waals surface area contributed by atoms with Crippen molar-refractivity contribution in [1.29, 1.82) is 0 Å². The minimum Gasteiger partial charge on any atom is -0.273 e. The fraction of sp³-hybridized carbons (Fsp3) is 0.0714. The van der Waals surface area contributed by atoms with Crippen LogP contribution < -0.4 is 11.2 Å². The van der Waals surface area contributed by atoms with Crippen molar-refractivity contribution in [3.63, 3.8) is 0 Å². The predicted octanol–water partition coefficient (Wildman–Crippen LogP) is 1.27. The van der Waals surface area contributed by atoms with Gasteiger partial charge in [0.25, 0.3) is 5.56 Å². The molecule has 0 bridgehead atoms. The number of benzene rings is 1. The number of H-pyrrole nitrogens is 1. The van der Waals surface area contributed by atoms with Crippen LogP contribution in [0.15, 0.2) is 44.8 Å². The van der Waals surface area contributed by atoms with Crippen molar-refractivity contribution in [3.8, 4) is 5.69 Å². The molecule has 0 aliphatic carbocycles. The number of rotatable bonds is 2. The minimum atomic E-state index is -3.68. The van der Waals surface area contributed by atoms with E-state index in [-0.39, 0.29) is 21.6 Å². The van der Waals surface area contributed by atoms with Gasteiger partial charge in [-0.2, -0.15) is 0 Å². The lowest BCUT2D eigenvalue weighted by molar-refractivity contribution is 0.601. The Kier molecular flexibility index (Phi) is 3.77. The molecule has 0 unspecified atom stereocenters. The van der Waals surface area contributed by atoms with Crippen LogP contribution in [0.4, 0.5) is 4.39 Å². The standard InChI is InChI=1S/C14H9ClFN3O4S/c1-24(22,23)10-5-3-2-4-9(10)19-12-7(13(20)18-14(19)21)6-8(16)11(15)17-12/h2-6H,1H3,(H,18,20,21). The van der Waals surface area contributed by atoms with Crippen LogP contribution in [0.1, 0.15) is 0 Å². The van der Waals surface area contributed by atoms with Crippen molar-refractivity contribution in [3.05, 3.63) is 62.1 Å². The highest BCUT2D eigenvalue weighted by molar-refractivity contribution is 7.90. The topological polar surface area (TPSA) is 102 Å². The van der Waals surface area contributed by atoms with E-state index in [1.807, 2.05) is 4.98 Å². The highest BCUT2D eigenvalue weighted by Gasteiger charge is 2.19. The summed E-state index contributed by atoms with van der Waals surface area (Å²) in [4.78, 5) is 29.8. The fourth-order valence-corrected chi connectivity index (χ4v) is 3.29. The Morgan fingerprint density at radius 3 is 2.58 bits per heavy atom. The number of nitrogens with zero attached hydrogens (tertiary/aromatic N) is 2. The lowest BCUT2D eigenvalue weighted by Crippen LogP contribution is -2.30. The lowest BCUT2D eigenvalue weighted by atomic mass is 10.3. The van der Waals surface area contributed by atoms with Crippen LogP contribution in [0.25, 0.3) is 16.7 Å². The molecule has 0 fully saturated rings. The van der Waals surface area contributed by atoms with E-state index in [2.05, 4.69) is 4.98 Å². The molecule has 10 heteroatoms. The third kappa shape index (κ3) is 2.61. The van der Waals surface area contributed by atoms with Gasteiger partial charge in [-0.1, -0.05) is 23.7 Å². The summed E-state index contributed by atoms with van der Waals surface area (Å²) in [5.41, 5.74) is -2.04. The van der Waals surface area contributed by atoms with Crippen LogP contribution in [0.2, 0.25) is 5.15 Å². The lowest BCUT2D eigenvalue weighted by Gasteiger charge is -2.12. The van der Waals surface area contributed by atoms with E-state index < -0.39 is 32.1 Å². The smallest absolute Gasteiger partial charge is 0.273 e. The second-order valence-electron chi connectivity index (χ2n) is 4.97. The third-order valence-electron chi connectivity index (χ3n) is 3.30. The normalized spacial score (nSPS) is 11.8. The molecular weight excluding hydrogens is 361 g/mol. The van der Waals surface area contributed by atoms with E-state index in [1.54, 1.807) is 0 Å². The molecule has 7 nitrogen and oxygen atoms in total. The van der Waals surface area contributed by atoms with Gasteiger partial charge in [0.05, 0.1) is 16.0 Å². The summed E-state index contributed by atoms with van der Waals surface area (Å²) in [7, 11) is -3.68. The zero-order chi connectivity index (χ0) is 17.6. The molecule has 2 heterocycles. The van der Waals surface area contributed by atoms with Gasteiger partial charge in [0.15, 0.2) is 26.5 Å². The number of aromatic nitrogens is 3. The molecule has 0 radical (unpaired) electrons. The molecule has 0 amide bonds. The summed E-state index contributed by atoms with van der Waals surface area (Å²) < 4.78 is 38.4. The SMILES string of the molecule is CS(=O)(=O)c1ccccc1-n1c(=O)[nH]c(=O)c2cc(F)c(Cl)nc21. The minimum absolute atomic E-state index is 0.0265. The van der Waals surface area contributed by atoms with Crippen LogP contribution in [-0.2, 0) is 9.84 Å². The molecule has 1 N–H and O–H groups in total. The molecule has 0 aliphatic heterocycles. The maximum Gasteiger partial charge on any atom is 0.334 e. The fourth-order valence-electron chi connectivity index (χ4n) is 2.29. The first-order chi connectivity index (χ1) is 11.2. The van der Waals surface area contributed by atoms with Crippen molar-refractivity contribution in [2.24, 2.45) is 0 Å². The summed E-state index contributed by atoms with van der Waals surface area (Å²) in [5, 5.41) is -0.780. The Hall–Kier alpha value is -2.52. The second-order valence-corrected chi connectivity index (χ2v) is 7.31. The monoisotopic (exact) mass is 369 g/mol. The van der Waals surface area contributed by atoms with E-state index >= 15 is 0 Å². The molecule has 0 saturated heterocycles. The first kappa shape index (κ1) is 16.3. The highest BCUT2D eigenvalue weighted by atomic mass is 35.5. The summed E-state index contributed by atoms with van der Waals surface area (Å²) in [6.45, 7) is 0. The number of nitrogens with one attached hydrogen (secondary N) is 1. The largest absolute Gasteiger partial charge is 0.334 e. The predicted molar refractivity (Wildman–Crippen MR) is 86.0 cm³/mol. The van der Waals surface area contributed by atoms with Crippen molar-refractivity contribution in [2.45, 2.75) is 4.90 Å². The number of para-hydroxylation sites is 1. The molecule has 3 rings (SSSR count). The number of hydrogen-bond acceptors (Lipinski definition) is 5. The third-order valence-corrected chi connectivity index (χ3v) is 4.71. The molecule has 0 atom stereocenters. The van der Waals surface area contributed by atoms with Gasteiger partial charge >= 0.3 is 5.69 Å². The molecule has 0 aliphatic rings. The van der Waals surface area contributed by atoms with Gasteiger partial charge in [-0.3, -0.25) is 9.78 Å². The second kappa shape index (κ2) is 5.53. The van der Waals surface area contributed by atoms with Crippen molar-refractivity contribution in [1.82, 2.24) is 14.5 Å². The summed E-state index contributed by atoms with van der Waals surface area (Å²) in [6, 6.07) is 6.51. The molecule has 3 aromatic rings. The van der Waals surface area contributed by atoms with Crippen LogP contribution in [-0.4, -0.2) is 29.2 Å². The van der Waals surface area contributed by atoms with Gasteiger partial charge in [0.1, 0.15) is 0 Å². The summed E-state index contributed by atoms with van der Waals surface area (Å²) >= 11 is 5.65. The van der Waals surface area contributed by atoms with Gasteiger partial charge < -0.3 is 0 Å². The number of halogens is 2. The van der Waals surface area contributed by atoms with E-state index in [0.717, 1.165) is 16.9 Å². The van der Waals surface area contributed by atoms with Crippen LogP contribution >= 0.6 is 11.6 Å². The number of pyridine rings is 1. The Bertz CT molecular complexity index is 1200. The van der Waals surface area contributed by atoms with Gasteiger partial charge in [-0.15, -0.1) is 0 Å². The zero-order valence-electron chi connectivity index (χ0n) is 12.1. The van der Waals surface area contributed by atoms with Gasteiger partial charge in [0, 0.05) is 6.26 Å². The summed E-state index contributed by atoms with van der Waals surface area (Å²) in [5.74, 6) is -0.934. The van der Waals surface area contributed by atoms with E-state index in [9.17, 15) is 22.4 Å². The maximum absolute atomic E-state index is 13.6. The summed E-state index contributed by atoms with van der Waals surface area (Å²) in [6.07, 6.45) is 0.977. The number of sulfone groups is 1. The quantitative estimate of drug-likeness (QED) is 0.685. The molecule has 2 aromatic heterocycles. The van der Waals surface area contributed by atoms with Crippen molar-refractivity contribution < 1.29 is 12.8 Å². The first-order valence-electron chi connectivity index (χ1n) is 6.50. The molecule has 124 valence electrons. The molecule has 24 heavy (non-hydrogen) atoms. The number of aromatic amines is 1. The van der Waals surface area contributed by atoms with Gasteiger partial charge in [0.2, 0.25) is 0 Å². The van der Waals surface area contributed by atoms with Gasteiger partial charge in [-0.25, -0.2) is 27.2 Å². The van der Waals surface area contributed by atoms with Crippen LogP contribution in [0.5, 0.6) is 0 Å². The molecular formula is C14H9ClFN3O4S.